The fourth-order valence-electron chi connectivity index (χ4n) is 4.83. The summed E-state index contributed by atoms with van der Waals surface area (Å²) in [4.78, 5) is 13.7. The lowest BCUT2D eigenvalue weighted by Crippen LogP contribution is -2.36. The molecule has 3 aromatic rings. The van der Waals surface area contributed by atoms with Crippen LogP contribution in [0.4, 0.5) is 4.39 Å². The van der Waals surface area contributed by atoms with Crippen molar-refractivity contribution in [2.24, 2.45) is 0 Å². The molecule has 0 spiro atoms. The van der Waals surface area contributed by atoms with Crippen molar-refractivity contribution in [3.63, 3.8) is 0 Å². The molecule has 4 rings (SSSR count). The van der Waals surface area contributed by atoms with Crippen molar-refractivity contribution in [2.45, 2.75) is 32.2 Å². The fraction of sp³-hybridized carbons (Fsp3) is 0.444. The normalized spacial score (nSPS) is 14.9. The number of benzene rings is 2. The number of rotatable bonds is 11. The summed E-state index contributed by atoms with van der Waals surface area (Å²) in [7, 11) is 1.69. The second-order valence-corrected chi connectivity index (χ2v) is 8.74. The van der Waals surface area contributed by atoms with Crippen LogP contribution < -0.4 is 9.47 Å². The van der Waals surface area contributed by atoms with Gasteiger partial charge in [-0.25, -0.2) is 9.18 Å². The third kappa shape index (κ3) is 5.77. The van der Waals surface area contributed by atoms with E-state index in [4.69, 9.17) is 14.2 Å². The predicted molar refractivity (Wildman–Crippen MR) is 132 cm³/mol. The summed E-state index contributed by atoms with van der Waals surface area (Å²) < 4.78 is 32.8. The lowest BCUT2D eigenvalue weighted by molar-refractivity contribution is 0.0685. The first kappa shape index (κ1) is 25.0. The Bertz CT molecular complexity index is 1150. The number of nitrogens with zero attached hydrogens (tertiary/aromatic N) is 2. The van der Waals surface area contributed by atoms with E-state index in [1.165, 1.54) is 28.6 Å². The molecule has 1 saturated heterocycles. The van der Waals surface area contributed by atoms with Crippen molar-refractivity contribution in [1.82, 2.24) is 9.47 Å². The number of ether oxygens (including phenoxy) is 3. The number of aromatic carboxylic acids is 1. The molecular formula is C27H33FN2O5. The molecule has 7 nitrogen and oxygen atoms in total. The van der Waals surface area contributed by atoms with Crippen LogP contribution in [0.15, 0.2) is 42.6 Å². The van der Waals surface area contributed by atoms with Gasteiger partial charge >= 0.3 is 5.97 Å². The van der Waals surface area contributed by atoms with Gasteiger partial charge < -0.3 is 23.9 Å². The van der Waals surface area contributed by atoms with Gasteiger partial charge in [0.05, 0.1) is 13.7 Å². The smallest absolute Gasteiger partial charge is 0.342 e. The molecule has 0 saturated carbocycles. The molecule has 2 aromatic carbocycles. The van der Waals surface area contributed by atoms with Crippen LogP contribution in [0.2, 0.25) is 0 Å². The van der Waals surface area contributed by atoms with Crippen LogP contribution in [0.1, 0.15) is 41.6 Å². The number of carboxylic acids is 1. The van der Waals surface area contributed by atoms with Crippen LogP contribution in [0.25, 0.3) is 10.9 Å². The molecule has 1 aliphatic rings. The third-order valence-electron chi connectivity index (χ3n) is 6.68. The second-order valence-electron chi connectivity index (χ2n) is 8.74. The minimum absolute atomic E-state index is 0.0706. The van der Waals surface area contributed by atoms with Crippen LogP contribution in [-0.4, -0.2) is 67.1 Å². The number of methoxy groups -OCH3 is 1. The third-order valence-corrected chi connectivity index (χ3v) is 6.68. The van der Waals surface area contributed by atoms with Crippen molar-refractivity contribution in [2.75, 3.05) is 46.6 Å². The highest BCUT2D eigenvalue weighted by Crippen LogP contribution is 2.36. The Kier molecular flexibility index (Phi) is 8.25. The SMILES string of the molecule is CCOCCn1cc(C2CCN(CCOc3cccc(F)c3C(=O)O)CC2)c2cc(OC)ccc21. The van der Waals surface area contributed by atoms with E-state index < -0.39 is 17.3 Å². The number of likely N-dealkylation sites (tertiary alicyclic amines) is 1. The second kappa shape index (κ2) is 11.6. The van der Waals surface area contributed by atoms with Crippen LogP contribution >= 0.6 is 0 Å². The minimum Gasteiger partial charge on any atom is -0.497 e. The summed E-state index contributed by atoms with van der Waals surface area (Å²) in [6.07, 6.45) is 4.30. The van der Waals surface area contributed by atoms with E-state index in [0.717, 1.165) is 44.3 Å². The van der Waals surface area contributed by atoms with E-state index in [1.54, 1.807) is 7.11 Å². The molecule has 0 unspecified atom stereocenters. The summed E-state index contributed by atoms with van der Waals surface area (Å²) in [5.41, 5.74) is 2.13. The topological polar surface area (TPSA) is 73.2 Å². The molecule has 1 fully saturated rings. The van der Waals surface area contributed by atoms with E-state index in [2.05, 4.69) is 27.8 Å². The lowest BCUT2D eigenvalue weighted by atomic mass is 9.89. The van der Waals surface area contributed by atoms with Gasteiger partial charge in [-0.1, -0.05) is 6.07 Å². The fourth-order valence-corrected chi connectivity index (χ4v) is 4.83. The van der Waals surface area contributed by atoms with Gasteiger partial charge in [-0.15, -0.1) is 0 Å². The summed E-state index contributed by atoms with van der Waals surface area (Å²) in [6, 6.07) is 10.3. The predicted octanol–water partition coefficient (Wildman–Crippen LogP) is 4.78. The average Bonchev–Trinajstić information content (AvgIpc) is 3.22. The monoisotopic (exact) mass is 484 g/mol. The lowest BCUT2D eigenvalue weighted by Gasteiger charge is -2.31. The molecule has 0 amide bonds. The van der Waals surface area contributed by atoms with E-state index in [-0.39, 0.29) is 5.75 Å². The Balaban J connectivity index is 1.38. The number of carboxylic acid groups (broad SMARTS) is 1. The standard InChI is InChI=1S/C27H33FN2O5/c1-3-34-15-14-30-18-22(21-17-20(33-2)7-8-24(21)30)19-9-11-29(12-10-19)13-16-35-25-6-4-5-23(28)26(25)27(31)32/h4-8,17-19H,3,9-16H2,1-2H3,(H,31,32). The van der Waals surface area contributed by atoms with Gasteiger partial charge in [0.2, 0.25) is 0 Å². The van der Waals surface area contributed by atoms with Gasteiger partial charge in [-0.2, -0.15) is 0 Å². The molecule has 2 heterocycles. The number of piperidine rings is 1. The Hall–Kier alpha value is -3.10. The highest BCUT2D eigenvalue weighted by atomic mass is 19.1. The van der Waals surface area contributed by atoms with Gasteiger partial charge in [-0.05, 0) is 74.7 Å². The summed E-state index contributed by atoms with van der Waals surface area (Å²) in [5.74, 6) is -0.740. The Morgan fingerprint density at radius 1 is 1.14 bits per heavy atom. The zero-order valence-electron chi connectivity index (χ0n) is 20.3. The Morgan fingerprint density at radius 2 is 1.94 bits per heavy atom. The number of halogens is 1. The van der Waals surface area contributed by atoms with Crippen LogP contribution in [0.5, 0.6) is 11.5 Å². The summed E-state index contributed by atoms with van der Waals surface area (Å²) >= 11 is 0. The van der Waals surface area contributed by atoms with E-state index in [1.807, 2.05) is 13.0 Å². The number of aromatic nitrogens is 1. The van der Waals surface area contributed by atoms with Crippen LogP contribution in [0.3, 0.4) is 0 Å². The first-order valence-corrected chi connectivity index (χ1v) is 12.1. The maximum atomic E-state index is 13.8. The number of hydrogen-bond donors (Lipinski definition) is 1. The molecule has 1 aromatic heterocycles. The van der Waals surface area contributed by atoms with Gasteiger partial charge in [0.25, 0.3) is 0 Å². The molecule has 1 N–H and O–H groups in total. The maximum absolute atomic E-state index is 13.8. The Morgan fingerprint density at radius 3 is 2.66 bits per heavy atom. The largest absolute Gasteiger partial charge is 0.497 e. The zero-order valence-corrected chi connectivity index (χ0v) is 20.3. The van der Waals surface area contributed by atoms with Crippen molar-refractivity contribution in [3.8, 4) is 11.5 Å². The highest BCUT2D eigenvalue weighted by molar-refractivity contribution is 5.91. The first-order chi connectivity index (χ1) is 17.0. The van der Waals surface area contributed by atoms with Crippen LogP contribution in [0, 0.1) is 5.82 Å². The molecule has 1 aliphatic heterocycles. The molecule has 188 valence electrons. The zero-order chi connectivity index (χ0) is 24.8. The molecule has 0 bridgehead atoms. The first-order valence-electron chi connectivity index (χ1n) is 12.1. The quantitative estimate of drug-likeness (QED) is 0.395. The summed E-state index contributed by atoms with van der Waals surface area (Å²) in [6.45, 7) is 7.00. The molecule has 8 heteroatoms. The number of fused-ring (bicyclic) bond motifs is 1. The van der Waals surface area contributed by atoms with E-state index in [0.29, 0.717) is 32.3 Å². The maximum Gasteiger partial charge on any atom is 0.342 e. The van der Waals surface area contributed by atoms with Crippen molar-refractivity contribution >= 4 is 16.9 Å². The molecule has 35 heavy (non-hydrogen) atoms. The van der Waals surface area contributed by atoms with Crippen LogP contribution in [-0.2, 0) is 11.3 Å². The van der Waals surface area contributed by atoms with Gasteiger partial charge in [-0.3, -0.25) is 4.90 Å². The molecular weight excluding hydrogens is 451 g/mol. The van der Waals surface area contributed by atoms with Gasteiger partial charge in [0.15, 0.2) is 0 Å². The van der Waals surface area contributed by atoms with E-state index in [9.17, 15) is 14.3 Å². The molecule has 0 aliphatic carbocycles. The minimum atomic E-state index is -1.32. The number of hydrogen-bond acceptors (Lipinski definition) is 5. The van der Waals surface area contributed by atoms with Gasteiger partial charge in [0, 0.05) is 36.8 Å². The van der Waals surface area contributed by atoms with Crippen molar-refractivity contribution in [1.29, 1.82) is 0 Å². The summed E-state index contributed by atoms with van der Waals surface area (Å²) in [5, 5.41) is 10.5. The Labute approximate surface area is 205 Å². The molecule has 0 radical (unpaired) electrons. The van der Waals surface area contributed by atoms with E-state index >= 15 is 0 Å². The van der Waals surface area contributed by atoms with Crippen molar-refractivity contribution < 1.29 is 28.5 Å². The van der Waals surface area contributed by atoms with Gasteiger partial charge in [0.1, 0.15) is 29.5 Å². The number of carbonyl (C=O) groups is 1. The molecule has 0 atom stereocenters. The van der Waals surface area contributed by atoms with Crippen molar-refractivity contribution in [3.05, 3.63) is 59.5 Å². The highest BCUT2D eigenvalue weighted by Gasteiger charge is 2.24. The average molecular weight is 485 g/mol.